The molecule has 0 aliphatic heterocycles. The Kier molecular flexibility index (Phi) is 2.09. The molecule has 1 rings (SSSR count). The summed E-state index contributed by atoms with van der Waals surface area (Å²) in [5, 5.41) is 0.335. The van der Waals surface area contributed by atoms with Gasteiger partial charge in [0.25, 0.3) is 5.56 Å². The quantitative estimate of drug-likeness (QED) is 0.585. The number of aromatic nitrogens is 1. The first kappa shape index (κ1) is 7.31. The fourth-order valence-corrected chi connectivity index (χ4v) is 0.789. The van der Waals surface area contributed by atoms with Crippen molar-refractivity contribution in [3.8, 4) is 0 Å². The van der Waals surface area contributed by atoms with Crippen molar-refractivity contribution < 1.29 is 0 Å². The van der Waals surface area contributed by atoms with E-state index in [1.54, 1.807) is 12.1 Å². The normalized spacial score (nSPS) is 9.80. The minimum absolute atomic E-state index is 0.213. The number of halogens is 1. The van der Waals surface area contributed by atoms with E-state index in [2.05, 4.69) is 4.98 Å². The number of hydrogen-bond acceptors (Lipinski definition) is 2. The molecule has 0 saturated heterocycles. The van der Waals surface area contributed by atoms with Crippen LogP contribution in [-0.2, 0) is 6.54 Å². The van der Waals surface area contributed by atoms with E-state index in [1.807, 2.05) is 0 Å². The van der Waals surface area contributed by atoms with Gasteiger partial charge in [-0.15, -0.1) is 0 Å². The average molecular weight is 159 g/mol. The summed E-state index contributed by atoms with van der Waals surface area (Å²) in [6.45, 7) is 0.243. The molecular weight excluding hydrogens is 152 g/mol. The zero-order chi connectivity index (χ0) is 7.56. The molecule has 1 aromatic rings. The predicted octanol–water partition coefficient (Wildman–Crippen LogP) is 0.487. The lowest BCUT2D eigenvalue weighted by atomic mass is 10.3. The van der Waals surface area contributed by atoms with Crippen molar-refractivity contribution in [3.05, 3.63) is 33.2 Å². The lowest BCUT2D eigenvalue weighted by molar-refractivity contribution is 1.02. The van der Waals surface area contributed by atoms with Crippen LogP contribution < -0.4 is 11.3 Å². The SMILES string of the molecule is NCc1ccc(Cl)[nH]c1=O. The van der Waals surface area contributed by atoms with Crippen molar-refractivity contribution in [3.63, 3.8) is 0 Å². The van der Waals surface area contributed by atoms with E-state index in [9.17, 15) is 4.79 Å². The summed E-state index contributed by atoms with van der Waals surface area (Å²) < 4.78 is 0. The second-order valence-corrected chi connectivity index (χ2v) is 2.27. The molecule has 3 nitrogen and oxygen atoms in total. The van der Waals surface area contributed by atoms with Gasteiger partial charge in [-0.3, -0.25) is 4.79 Å². The molecule has 10 heavy (non-hydrogen) atoms. The van der Waals surface area contributed by atoms with Crippen LogP contribution in [0, 0.1) is 0 Å². The maximum Gasteiger partial charge on any atom is 0.253 e. The van der Waals surface area contributed by atoms with E-state index in [0.717, 1.165) is 0 Å². The van der Waals surface area contributed by atoms with Crippen LogP contribution in [0.3, 0.4) is 0 Å². The van der Waals surface area contributed by atoms with Gasteiger partial charge < -0.3 is 10.7 Å². The maximum absolute atomic E-state index is 10.9. The number of aromatic amines is 1. The van der Waals surface area contributed by atoms with Gasteiger partial charge in [-0.2, -0.15) is 0 Å². The van der Waals surface area contributed by atoms with E-state index in [4.69, 9.17) is 17.3 Å². The van der Waals surface area contributed by atoms with Crippen LogP contribution in [0.2, 0.25) is 5.15 Å². The van der Waals surface area contributed by atoms with Gasteiger partial charge in [-0.1, -0.05) is 11.6 Å². The van der Waals surface area contributed by atoms with Crippen molar-refractivity contribution in [1.82, 2.24) is 4.98 Å². The smallest absolute Gasteiger partial charge is 0.253 e. The highest BCUT2D eigenvalue weighted by atomic mass is 35.5. The fraction of sp³-hybridized carbons (Fsp3) is 0.167. The Labute approximate surface area is 62.8 Å². The summed E-state index contributed by atoms with van der Waals surface area (Å²) in [5.41, 5.74) is 5.57. The monoisotopic (exact) mass is 158 g/mol. The van der Waals surface area contributed by atoms with Crippen molar-refractivity contribution >= 4 is 11.6 Å². The van der Waals surface area contributed by atoms with E-state index in [0.29, 0.717) is 10.7 Å². The first-order valence-electron chi connectivity index (χ1n) is 2.82. The van der Waals surface area contributed by atoms with E-state index >= 15 is 0 Å². The topological polar surface area (TPSA) is 58.9 Å². The molecular formula is C6H7ClN2O. The van der Waals surface area contributed by atoms with Crippen LogP contribution in [0.1, 0.15) is 5.56 Å². The van der Waals surface area contributed by atoms with Crippen molar-refractivity contribution in [2.24, 2.45) is 5.73 Å². The van der Waals surface area contributed by atoms with Crippen LogP contribution >= 0.6 is 11.6 Å². The van der Waals surface area contributed by atoms with Gasteiger partial charge in [0, 0.05) is 12.1 Å². The fourth-order valence-electron chi connectivity index (χ4n) is 0.641. The zero-order valence-corrected chi connectivity index (χ0v) is 5.98. The largest absolute Gasteiger partial charge is 0.326 e. The highest BCUT2D eigenvalue weighted by molar-refractivity contribution is 6.29. The van der Waals surface area contributed by atoms with E-state index < -0.39 is 0 Å². The maximum atomic E-state index is 10.9. The average Bonchev–Trinajstić information content (AvgIpc) is 1.88. The molecule has 0 saturated carbocycles. The zero-order valence-electron chi connectivity index (χ0n) is 5.23. The summed E-state index contributed by atoms with van der Waals surface area (Å²) in [6, 6.07) is 3.21. The number of hydrogen-bond donors (Lipinski definition) is 2. The number of rotatable bonds is 1. The molecule has 0 fully saturated rings. The van der Waals surface area contributed by atoms with Crippen LogP contribution in [0.5, 0.6) is 0 Å². The van der Waals surface area contributed by atoms with Crippen LogP contribution in [-0.4, -0.2) is 4.98 Å². The summed E-state index contributed by atoms with van der Waals surface area (Å²) in [4.78, 5) is 13.3. The van der Waals surface area contributed by atoms with Gasteiger partial charge in [0.15, 0.2) is 0 Å². The minimum atomic E-state index is -0.213. The van der Waals surface area contributed by atoms with Crippen LogP contribution in [0.25, 0.3) is 0 Å². The van der Waals surface area contributed by atoms with Gasteiger partial charge in [0.1, 0.15) is 5.15 Å². The van der Waals surface area contributed by atoms with Gasteiger partial charge in [-0.25, -0.2) is 0 Å². The van der Waals surface area contributed by atoms with Gasteiger partial charge >= 0.3 is 0 Å². The summed E-state index contributed by atoms with van der Waals surface area (Å²) in [7, 11) is 0. The summed E-state index contributed by atoms with van der Waals surface area (Å²) in [6.07, 6.45) is 0. The Hall–Kier alpha value is -0.800. The molecule has 0 aliphatic carbocycles. The molecule has 1 heterocycles. The first-order valence-corrected chi connectivity index (χ1v) is 3.19. The van der Waals surface area contributed by atoms with Crippen LogP contribution in [0.15, 0.2) is 16.9 Å². The number of nitrogens with two attached hydrogens (primary N) is 1. The molecule has 0 aromatic carbocycles. The first-order chi connectivity index (χ1) is 4.74. The van der Waals surface area contributed by atoms with Crippen molar-refractivity contribution in [1.29, 1.82) is 0 Å². The molecule has 0 unspecified atom stereocenters. The third kappa shape index (κ3) is 1.37. The standard InChI is InChI=1S/C6H7ClN2O/c7-5-2-1-4(3-8)6(10)9-5/h1-2H,3,8H2,(H,9,10). The third-order valence-electron chi connectivity index (χ3n) is 1.18. The third-order valence-corrected chi connectivity index (χ3v) is 1.40. The Morgan fingerprint density at radius 1 is 1.60 bits per heavy atom. The molecule has 0 bridgehead atoms. The molecule has 0 aliphatic rings. The molecule has 0 amide bonds. The highest BCUT2D eigenvalue weighted by Gasteiger charge is 1.95. The van der Waals surface area contributed by atoms with E-state index in [1.165, 1.54) is 0 Å². The Bertz CT molecular complexity index is 281. The summed E-state index contributed by atoms with van der Waals surface area (Å²) in [5.74, 6) is 0. The second kappa shape index (κ2) is 2.86. The molecule has 0 spiro atoms. The number of H-pyrrole nitrogens is 1. The molecule has 0 radical (unpaired) electrons. The lowest BCUT2D eigenvalue weighted by Crippen LogP contribution is -2.15. The molecule has 1 aromatic heterocycles. The molecule has 4 heteroatoms. The van der Waals surface area contributed by atoms with E-state index in [-0.39, 0.29) is 12.1 Å². The highest BCUT2D eigenvalue weighted by Crippen LogP contribution is 1.99. The van der Waals surface area contributed by atoms with Crippen molar-refractivity contribution in [2.75, 3.05) is 0 Å². The number of pyridine rings is 1. The summed E-state index contributed by atoms with van der Waals surface area (Å²) >= 11 is 5.48. The number of nitrogens with one attached hydrogen (secondary N) is 1. The van der Waals surface area contributed by atoms with Gasteiger partial charge in [0.05, 0.1) is 0 Å². The van der Waals surface area contributed by atoms with Crippen molar-refractivity contribution in [2.45, 2.75) is 6.54 Å². The minimum Gasteiger partial charge on any atom is -0.326 e. The molecule has 3 N–H and O–H groups in total. The Morgan fingerprint density at radius 2 is 2.30 bits per heavy atom. The van der Waals surface area contributed by atoms with Gasteiger partial charge in [-0.05, 0) is 12.1 Å². The second-order valence-electron chi connectivity index (χ2n) is 1.86. The lowest BCUT2D eigenvalue weighted by Gasteiger charge is -1.93. The molecule has 54 valence electrons. The predicted molar refractivity (Wildman–Crippen MR) is 40.0 cm³/mol. The Balaban J connectivity index is 3.20. The van der Waals surface area contributed by atoms with Gasteiger partial charge in [0.2, 0.25) is 0 Å². The van der Waals surface area contributed by atoms with Crippen LogP contribution in [0.4, 0.5) is 0 Å². The molecule has 0 atom stereocenters. The Morgan fingerprint density at radius 3 is 2.80 bits per heavy atom.